The lowest BCUT2D eigenvalue weighted by molar-refractivity contribution is -0.126. The summed E-state index contributed by atoms with van der Waals surface area (Å²) >= 11 is 0. The molecular weight excluding hydrogens is 255 g/mol. The van der Waals surface area contributed by atoms with E-state index in [0.29, 0.717) is 11.6 Å². The SMILES string of the molecule is CC(C)CC1(C(=O)Nc2ccc(F)c(N)c2)CCCC1. The number of hydrogen-bond donors (Lipinski definition) is 2. The fraction of sp³-hybridized carbons (Fsp3) is 0.562. The van der Waals surface area contributed by atoms with E-state index in [1.54, 1.807) is 6.07 Å². The van der Waals surface area contributed by atoms with Gasteiger partial charge in [-0.05, 0) is 43.4 Å². The van der Waals surface area contributed by atoms with E-state index in [9.17, 15) is 9.18 Å². The number of nitrogens with one attached hydrogen (secondary N) is 1. The van der Waals surface area contributed by atoms with Crippen molar-refractivity contribution in [2.75, 3.05) is 11.1 Å². The van der Waals surface area contributed by atoms with Crippen LogP contribution in [0.5, 0.6) is 0 Å². The van der Waals surface area contributed by atoms with Gasteiger partial charge < -0.3 is 11.1 Å². The zero-order valence-electron chi connectivity index (χ0n) is 12.2. The van der Waals surface area contributed by atoms with Crippen LogP contribution in [0.15, 0.2) is 18.2 Å². The van der Waals surface area contributed by atoms with E-state index in [0.717, 1.165) is 32.1 Å². The van der Waals surface area contributed by atoms with Crippen LogP contribution in [0.1, 0.15) is 46.0 Å². The monoisotopic (exact) mass is 278 g/mol. The topological polar surface area (TPSA) is 55.1 Å². The van der Waals surface area contributed by atoms with E-state index in [2.05, 4.69) is 19.2 Å². The highest BCUT2D eigenvalue weighted by molar-refractivity contribution is 5.95. The quantitative estimate of drug-likeness (QED) is 0.819. The molecule has 110 valence electrons. The number of anilines is 2. The molecule has 1 aliphatic carbocycles. The van der Waals surface area contributed by atoms with Crippen molar-refractivity contribution in [3.05, 3.63) is 24.0 Å². The molecule has 0 spiro atoms. The first kappa shape index (κ1) is 14.8. The van der Waals surface area contributed by atoms with Crippen LogP contribution < -0.4 is 11.1 Å². The summed E-state index contributed by atoms with van der Waals surface area (Å²) in [5, 5.41) is 2.91. The van der Waals surface area contributed by atoms with Crippen molar-refractivity contribution in [2.24, 2.45) is 11.3 Å². The predicted octanol–water partition coefficient (Wildman–Crippen LogP) is 3.95. The average molecular weight is 278 g/mol. The lowest BCUT2D eigenvalue weighted by atomic mass is 9.77. The van der Waals surface area contributed by atoms with Crippen LogP contribution in [-0.4, -0.2) is 5.91 Å². The summed E-state index contributed by atoms with van der Waals surface area (Å²) in [5.74, 6) is 0.0765. The fourth-order valence-corrected chi connectivity index (χ4v) is 3.24. The van der Waals surface area contributed by atoms with Crippen molar-refractivity contribution in [1.82, 2.24) is 0 Å². The van der Waals surface area contributed by atoms with Gasteiger partial charge in [-0.2, -0.15) is 0 Å². The number of rotatable bonds is 4. The third kappa shape index (κ3) is 3.11. The molecule has 0 atom stereocenters. The first-order chi connectivity index (χ1) is 9.43. The maximum atomic E-state index is 13.1. The molecule has 20 heavy (non-hydrogen) atoms. The minimum absolute atomic E-state index is 0.0507. The zero-order valence-corrected chi connectivity index (χ0v) is 12.2. The Kier molecular flexibility index (Phi) is 4.31. The molecule has 4 heteroatoms. The van der Waals surface area contributed by atoms with E-state index >= 15 is 0 Å². The number of carbonyl (C=O) groups is 1. The summed E-state index contributed by atoms with van der Waals surface area (Å²) in [7, 11) is 0. The first-order valence-corrected chi connectivity index (χ1v) is 7.29. The maximum Gasteiger partial charge on any atom is 0.230 e. The van der Waals surface area contributed by atoms with Gasteiger partial charge in [0.1, 0.15) is 5.82 Å². The van der Waals surface area contributed by atoms with Crippen molar-refractivity contribution >= 4 is 17.3 Å². The van der Waals surface area contributed by atoms with Gasteiger partial charge in [-0.1, -0.05) is 26.7 Å². The molecule has 0 unspecified atom stereocenters. The molecule has 3 nitrogen and oxygen atoms in total. The van der Waals surface area contributed by atoms with E-state index in [-0.39, 0.29) is 17.0 Å². The molecule has 1 amide bonds. The highest BCUT2D eigenvalue weighted by atomic mass is 19.1. The standard InChI is InChI=1S/C16H23FN2O/c1-11(2)10-16(7-3-4-8-16)15(20)19-12-5-6-13(17)14(18)9-12/h5-6,9,11H,3-4,7-8,10,18H2,1-2H3,(H,19,20). The van der Waals surface area contributed by atoms with Gasteiger partial charge in [-0.15, -0.1) is 0 Å². The van der Waals surface area contributed by atoms with Gasteiger partial charge in [0.25, 0.3) is 0 Å². The Balaban J connectivity index is 2.14. The van der Waals surface area contributed by atoms with Crippen LogP contribution in [-0.2, 0) is 4.79 Å². The summed E-state index contributed by atoms with van der Waals surface area (Å²) in [6.07, 6.45) is 4.98. The molecule has 1 fully saturated rings. The maximum absolute atomic E-state index is 13.1. The third-order valence-corrected chi connectivity index (χ3v) is 4.10. The Labute approximate surface area is 119 Å². The number of hydrogen-bond acceptors (Lipinski definition) is 2. The molecule has 1 aromatic carbocycles. The van der Waals surface area contributed by atoms with Crippen LogP contribution in [0.2, 0.25) is 0 Å². The van der Waals surface area contributed by atoms with Crippen LogP contribution in [0, 0.1) is 17.2 Å². The fourth-order valence-electron chi connectivity index (χ4n) is 3.24. The van der Waals surface area contributed by atoms with E-state index in [1.165, 1.54) is 12.1 Å². The Morgan fingerprint density at radius 1 is 1.40 bits per heavy atom. The van der Waals surface area contributed by atoms with Crippen molar-refractivity contribution in [3.8, 4) is 0 Å². The van der Waals surface area contributed by atoms with Crippen LogP contribution in [0.3, 0.4) is 0 Å². The molecule has 2 rings (SSSR count). The molecule has 1 aromatic rings. The van der Waals surface area contributed by atoms with Crippen LogP contribution in [0.25, 0.3) is 0 Å². The smallest absolute Gasteiger partial charge is 0.230 e. The summed E-state index contributed by atoms with van der Waals surface area (Å²) in [5.41, 5.74) is 5.91. The molecular formula is C16H23FN2O. The Morgan fingerprint density at radius 3 is 2.60 bits per heavy atom. The number of halogens is 1. The van der Waals surface area contributed by atoms with Crippen molar-refractivity contribution in [3.63, 3.8) is 0 Å². The van der Waals surface area contributed by atoms with Crippen molar-refractivity contribution in [2.45, 2.75) is 46.0 Å². The van der Waals surface area contributed by atoms with Crippen molar-refractivity contribution < 1.29 is 9.18 Å². The molecule has 0 radical (unpaired) electrons. The number of nitrogens with two attached hydrogens (primary N) is 1. The van der Waals surface area contributed by atoms with Gasteiger partial charge >= 0.3 is 0 Å². The lowest BCUT2D eigenvalue weighted by Gasteiger charge is -2.29. The van der Waals surface area contributed by atoms with Gasteiger partial charge in [0, 0.05) is 11.1 Å². The average Bonchev–Trinajstić information content (AvgIpc) is 2.83. The Bertz CT molecular complexity index is 493. The van der Waals surface area contributed by atoms with E-state index in [1.807, 2.05) is 0 Å². The highest BCUT2D eigenvalue weighted by Crippen LogP contribution is 2.44. The number of nitrogen functional groups attached to an aromatic ring is 1. The first-order valence-electron chi connectivity index (χ1n) is 7.29. The van der Waals surface area contributed by atoms with Gasteiger partial charge in [0.2, 0.25) is 5.91 Å². The van der Waals surface area contributed by atoms with Gasteiger partial charge in [-0.25, -0.2) is 4.39 Å². The second-order valence-electron chi connectivity index (χ2n) is 6.28. The second kappa shape index (κ2) is 5.81. The Hall–Kier alpha value is -1.58. The van der Waals surface area contributed by atoms with Crippen LogP contribution in [0.4, 0.5) is 15.8 Å². The molecule has 1 aliphatic rings. The van der Waals surface area contributed by atoms with Gasteiger partial charge in [0.15, 0.2) is 0 Å². The van der Waals surface area contributed by atoms with Crippen LogP contribution >= 0.6 is 0 Å². The molecule has 0 aromatic heterocycles. The number of carbonyl (C=O) groups excluding carboxylic acids is 1. The summed E-state index contributed by atoms with van der Waals surface area (Å²) in [4.78, 5) is 12.6. The number of benzene rings is 1. The van der Waals surface area contributed by atoms with E-state index in [4.69, 9.17) is 5.73 Å². The predicted molar refractivity (Wildman–Crippen MR) is 79.8 cm³/mol. The lowest BCUT2D eigenvalue weighted by Crippen LogP contribution is -2.35. The second-order valence-corrected chi connectivity index (χ2v) is 6.28. The molecule has 0 aliphatic heterocycles. The normalized spacial score (nSPS) is 17.4. The summed E-state index contributed by atoms with van der Waals surface area (Å²) in [6, 6.07) is 4.32. The largest absolute Gasteiger partial charge is 0.396 e. The third-order valence-electron chi connectivity index (χ3n) is 4.10. The summed E-state index contributed by atoms with van der Waals surface area (Å²) < 4.78 is 13.1. The summed E-state index contributed by atoms with van der Waals surface area (Å²) in [6.45, 7) is 4.28. The van der Waals surface area contributed by atoms with Gasteiger partial charge in [-0.3, -0.25) is 4.79 Å². The molecule has 3 N–H and O–H groups in total. The zero-order chi connectivity index (χ0) is 14.8. The molecule has 0 saturated heterocycles. The molecule has 1 saturated carbocycles. The minimum atomic E-state index is -0.458. The molecule has 0 heterocycles. The van der Waals surface area contributed by atoms with E-state index < -0.39 is 5.82 Å². The molecule has 0 bridgehead atoms. The minimum Gasteiger partial charge on any atom is -0.396 e. The Morgan fingerprint density at radius 2 is 2.05 bits per heavy atom. The highest BCUT2D eigenvalue weighted by Gasteiger charge is 2.41. The number of amides is 1. The van der Waals surface area contributed by atoms with Gasteiger partial charge in [0.05, 0.1) is 5.69 Å². The van der Waals surface area contributed by atoms with Crippen molar-refractivity contribution in [1.29, 1.82) is 0 Å².